The third-order valence-electron chi connectivity index (χ3n) is 6.48. The van der Waals surface area contributed by atoms with Gasteiger partial charge in [-0.3, -0.25) is 4.79 Å². The number of halogens is 1. The van der Waals surface area contributed by atoms with E-state index in [2.05, 4.69) is 36.1 Å². The Bertz CT molecular complexity index is 823. The zero-order valence-electron chi connectivity index (χ0n) is 14.6. The van der Waals surface area contributed by atoms with E-state index in [9.17, 15) is 9.18 Å². The van der Waals surface area contributed by atoms with E-state index in [1.807, 2.05) is 0 Å². The normalized spacial score (nSPS) is 30.9. The van der Waals surface area contributed by atoms with Gasteiger partial charge < -0.3 is 10.3 Å². The van der Waals surface area contributed by atoms with Gasteiger partial charge in [0, 0.05) is 12.2 Å². The number of amides is 1. The molecule has 128 valence electrons. The predicted octanol–water partition coefficient (Wildman–Crippen LogP) is 3.81. The lowest BCUT2D eigenvalue weighted by Crippen LogP contribution is -2.46. The number of nitrogens with zero attached hydrogens (tertiary/aromatic N) is 1. The number of hydrogen-bond donors (Lipinski definition) is 2. The van der Waals surface area contributed by atoms with Crippen LogP contribution in [0.25, 0.3) is 11.0 Å². The van der Waals surface area contributed by atoms with E-state index in [-0.39, 0.29) is 17.8 Å². The molecule has 0 spiro atoms. The highest BCUT2D eigenvalue weighted by molar-refractivity contribution is 6.00. The smallest absolute Gasteiger partial charge is 0.268 e. The maximum atomic E-state index is 14.0. The number of pyridine rings is 1. The van der Waals surface area contributed by atoms with Gasteiger partial charge in [0.05, 0.1) is 5.39 Å². The molecule has 2 aliphatic carbocycles. The molecule has 2 fully saturated rings. The lowest BCUT2D eigenvalue weighted by molar-refractivity contribution is 0.0832. The molecule has 5 heteroatoms. The van der Waals surface area contributed by atoms with Gasteiger partial charge in [-0.15, -0.1) is 0 Å². The number of aromatic amines is 1. The van der Waals surface area contributed by atoms with Crippen molar-refractivity contribution in [1.82, 2.24) is 15.3 Å². The molecule has 1 amide bonds. The summed E-state index contributed by atoms with van der Waals surface area (Å²) in [7, 11) is 0. The van der Waals surface area contributed by atoms with Gasteiger partial charge in [-0.25, -0.2) is 9.37 Å². The van der Waals surface area contributed by atoms with Crippen LogP contribution in [0.3, 0.4) is 0 Å². The first-order chi connectivity index (χ1) is 11.3. The fourth-order valence-corrected chi connectivity index (χ4v) is 5.36. The molecule has 0 aliphatic heterocycles. The van der Waals surface area contributed by atoms with Crippen molar-refractivity contribution in [3.63, 3.8) is 0 Å². The van der Waals surface area contributed by atoms with Gasteiger partial charge >= 0.3 is 0 Å². The Morgan fingerprint density at radius 1 is 1.46 bits per heavy atom. The second kappa shape index (κ2) is 5.04. The van der Waals surface area contributed by atoms with Gasteiger partial charge in [0.2, 0.25) is 0 Å². The van der Waals surface area contributed by atoms with E-state index in [4.69, 9.17) is 0 Å². The summed E-state index contributed by atoms with van der Waals surface area (Å²) in [5.74, 6) is 1.19. The zero-order chi connectivity index (χ0) is 17.2. The molecule has 0 saturated heterocycles. The van der Waals surface area contributed by atoms with Gasteiger partial charge in [0.15, 0.2) is 0 Å². The zero-order valence-corrected chi connectivity index (χ0v) is 14.6. The molecule has 2 bridgehead atoms. The maximum absolute atomic E-state index is 14.0. The Kier molecular flexibility index (Phi) is 3.28. The first-order valence-corrected chi connectivity index (χ1v) is 8.73. The van der Waals surface area contributed by atoms with Crippen LogP contribution in [0, 0.1) is 35.9 Å². The Hall–Kier alpha value is -1.91. The van der Waals surface area contributed by atoms with Crippen LogP contribution in [0.4, 0.5) is 4.39 Å². The molecule has 2 aromatic heterocycles. The molecule has 0 aromatic carbocycles. The number of nitrogens with one attached hydrogen (secondary N) is 2. The largest absolute Gasteiger partial charge is 0.347 e. The van der Waals surface area contributed by atoms with Crippen LogP contribution in [-0.4, -0.2) is 21.9 Å². The molecule has 4 atom stereocenters. The van der Waals surface area contributed by atoms with Crippen molar-refractivity contribution in [2.45, 2.75) is 46.6 Å². The minimum Gasteiger partial charge on any atom is -0.347 e. The lowest BCUT2D eigenvalue weighted by atomic mass is 9.70. The van der Waals surface area contributed by atoms with E-state index in [1.165, 1.54) is 18.7 Å². The van der Waals surface area contributed by atoms with E-state index >= 15 is 0 Å². The molecule has 2 aromatic rings. The number of H-pyrrole nitrogens is 1. The van der Waals surface area contributed by atoms with Crippen molar-refractivity contribution >= 4 is 16.9 Å². The second-order valence-electron chi connectivity index (χ2n) is 8.29. The number of carbonyl (C=O) groups excluding carboxylic acids is 1. The molecular formula is C19H24FN3O. The molecule has 0 radical (unpaired) electrons. The molecule has 2 saturated carbocycles. The standard InChI is InChI=1S/C19H24FN3O/c1-9-12-7-11(8-19(12,3)4)15(9)23-18(24)16-10(2)14-13(20)5-6-21-17(14)22-16/h5-6,9,11-12,15H,7-8H2,1-4H3,(H,21,22)(H,23,24)/t9-,11?,12-,15+/m0/s1. The van der Waals surface area contributed by atoms with Gasteiger partial charge in [-0.2, -0.15) is 0 Å². The van der Waals surface area contributed by atoms with E-state index < -0.39 is 0 Å². The first kappa shape index (κ1) is 15.6. The van der Waals surface area contributed by atoms with Gasteiger partial charge in [0.1, 0.15) is 17.2 Å². The number of carbonyl (C=O) groups is 1. The van der Waals surface area contributed by atoms with E-state index in [0.29, 0.717) is 45.5 Å². The summed E-state index contributed by atoms with van der Waals surface area (Å²) in [6.07, 6.45) is 3.77. The molecule has 2 N–H and O–H groups in total. The highest BCUT2D eigenvalue weighted by atomic mass is 19.1. The van der Waals surface area contributed by atoms with Crippen LogP contribution < -0.4 is 5.32 Å². The van der Waals surface area contributed by atoms with Crippen LogP contribution >= 0.6 is 0 Å². The third kappa shape index (κ3) is 2.10. The highest BCUT2D eigenvalue weighted by Crippen LogP contribution is 2.58. The van der Waals surface area contributed by atoms with Gasteiger partial charge in [-0.1, -0.05) is 20.8 Å². The van der Waals surface area contributed by atoms with Gasteiger partial charge in [-0.05, 0) is 54.6 Å². The molecule has 24 heavy (non-hydrogen) atoms. The summed E-state index contributed by atoms with van der Waals surface area (Å²) >= 11 is 0. The van der Waals surface area contributed by atoms with Crippen molar-refractivity contribution in [3.8, 4) is 0 Å². The Morgan fingerprint density at radius 2 is 2.21 bits per heavy atom. The highest BCUT2D eigenvalue weighted by Gasteiger charge is 2.54. The summed E-state index contributed by atoms with van der Waals surface area (Å²) < 4.78 is 14.0. The number of aromatic nitrogens is 2. The third-order valence-corrected chi connectivity index (χ3v) is 6.48. The van der Waals surface area contributed by atoms with Crippen LogP contribution in [0.1, 0.15) is 49.7 Å². The molecule has 2 heterocycles. The van der Waals surface area contributed by atoms with E-state index in [1.54, 1.807) is 6.92 Å². The maximum Gasteiger partial charge on any atom is 0.268 e. The molecule has 4 rings (SSSR count). The minimum absolute atomic E-state index is 0.146. The number of hydrogen-bond acceptors (Lipinski definition) is 2. The molecule has 4 nitrogen and oxygen atoms in total. The quantitative estimate of drug-likeness (QED) is 0.880. The van der Waals surface area contributed by atoms with Crippen molar-refractivity contribution < 1.29 is 9.18 Å². The summed E-state index contributed by atoms with van der Waals surface area (Å²) in [5.41, 5.74) is 1.86. The van der Waals surface area contributed by atoms with Crippen molar-refractivity contribution in [1.29, 1.82) is 0 Å². The summed E-state index contributed by atoms with van der Waals surface area (Å²) in [6.45, 7) is 8.69. The van der Waals surface area contributed by atoms with E-state index in [0.717, 1.165) is 6.42 Å². The van der Waals surface area contributed by atoms with Crippen LogP contribution in [0.5, 0.6) is 0 Å². The number of aryl methyl sites for hydroxylation is 1. The van der Waals surface area contributed by atoms with Crippen LogP contribution in [0.2, 0.25) is 0 Å². The average molecular weight is 329 g/mol. The summed E-state index contributed by atoms with van der Waals surface area (Å²) in [5, 5.41) is 3.62. The predicted molar refractivity (Wildman–Crippen MR) is 91.2 cm³/mol. The fourth-order valence-electron chi connectivity index (χ4n) is 5.36. The van der Waals surface area contributed by atoms with Crippen molar-refractivity contribution in [3.05, 3.63) is 29.3 Å². The Morgan fingerprint density at radius 3 is 2.83 bits per heavy atom. The molecule has 1 unspecified atom stereocenters. The fraction of sp³-hybridized carbons (Fsp3) is 0.579. The minimum atomic E-state index is -0.345. The number of rotatable bonds is 2. The second-order valence-corrected chi connectivity index (χ2v) is 8.29. The summed E-state index contributed by atoms with van der Waals surface area (Å²) in [6, 6.07) is 1.53. The Balaban J connectivity index is 1.60. The molecular weight excluding hydrogens is 305 g/mol. The topological polar surface area (TPSA) is 57.8 Å². The van der Waals surface area contributed by atoms with Crippen molar-refractivity contribution in [2.75, 3.05) is 0 Å². The number of fused-ring (bicyclic) bond motifs is 3. The van der Waals surface area contributed by atoms with Crippen LogP contribution in [-0.2, 0) is 0 Å². The molecule has 2 aliphatic rings. The van der Waals surface area contributed by atoms with Crippen molar-refractivity contribution in [2.24, 2.45) is 23.2 Å². The Labute approximate surface area is 141 Å². The monoisotopic (exact) mass is 329 g/mol. The van der Waals surface area contributed by atoms with Crippen LogP contribution in [0.15, 0.2) is 12.3 Å². The van der Waals surface area contributed by atoms with Gasteiger partial charge in [0.25, 0.3) is 5.91 Å². The lowest BCUT2D eigenvalue weighted by Gasteiger charge is -2.39. The summed E-state index contributed by atoms with van der Waals surface area (Å²) in [4.78, 5) is 19.9. The SMILES string of the molecule is Cc1c(C(=O)N[C@H]2C3C[C@@H]([C@@H]2C)C(C)(C)C3)[nH]c2nccc(F)c12. The first-order valence-electron chi connectivity index (χ1n) is 8.73. The average Bonchev–Trinajstić information content (AvgIpc) is 3.10.